The summed E-state index contributed by atoms with van der Waals surface area (Å²) >= 11 is 0. The molecule has 0 radical (unpaired) electrons. The van der Waals surface area contributed by atoms with E-state index in [0.29, 0.717) is 17.9 Å². The van der Waals surface area contributed by atoms with Crippen LogP contribution in [0.5, 0.6) is 5.75 Å². The molecule has 1 aromatic heterocycles. The Morgan fingerprint density at radius 1 is 1.20 bits per heavy atom. The molecule has 0 saturated carbocycles. The monoisotopic (exact) mass is 336 g/mol. The molecule has 3 rings (SSSR count). The third-order valence-corrected chi connectivity index (χ3v) is 4.18. The van der Waals surface area contributed by atoms with Crippen molar-refractivity contribution in [1.29, 1.82) is 0 Å². The number of carbonyl (C=O) groups excluding carboxylic acids is 2. The van der Waals surface area contributed by atoms with E-state index in [4.69, 9.17) is 4.74 Å². The van der Waals surface area contributed by atoms with Crippen LogP contribution in [-0.4, -0.2) is 42.3 Å². The first-order chi connectivity index (χ1) is 12.2. The van der Waals surface area contributed by atoms with Gasteiger partial charge in [-0.3, -0.25) is 9.59 Å². The fourth-order valence-electron chi connectivity index (χ4n) is 2.64. The van der Waals surface area contributed by atoms with Crippen LogP contribution in [0, 0.1) is 0 Å². The van der Waals surface area contributed by atoms with Crippen molar-refractivity contribution in [3.8, 4) is 5.75 Å². The van der Waals surface area contributed by atoms with Gasteiger partial charge in [0.15, 0.2) is 12.9 Å². The molecule has 0 aliphatic rings. The van der Waals surface area contributed by atoms with Gasteiger partial charge in [-0.25, -0.2) is 0 Å². The number of benzene rings is 2. The fourth-order valence-corrected chi connectivity index (χ4v) is 2.64. The summed E-state index contributed by atoms with van der Waals surface area (Å²) in [6.07, 6.45) is 3.28. The van der Waals surface area contributed by atoms with Crippen molar-refractivity contribution in [1.82, 2.24) is 9.88 Å². The second-order valence-electron chi connectivity index (χ2n) is 5.91. The Morgan fingerprint density at radius 2 is 2.00 bits per heavy atom. The van der Waals surface area contributed by atoms with Crippen molar-refractivity contribution in [3.05, 3.63) is 65.9 Å². The van der Waals surface area contributed by atoms with E-state index in [1.54, 1.807) is 30.3 Å². The molecule has 0 fully saturated rings. The highest BCUT2D eigenvalue weighted by Gasteiger charge is 2.10. The number of aromatic amines is 1. The molecule has 1 heterocycles. The van der Waals surface area contributed by atoms with Crippen LogP contribution in [0.25, 0.3) is 10.9 Å². The van der Waals surface area contributed by atoms with E-state index in [0.717, 1.165) is 23.6 Å². The first kappa shape index (κ1) is 16.8. The summed E-state index contributed by atoms with van der Waals surface area (Å²) in [6, 6.07) is 15.4. The lowest BCUT2D eigenvalue weighted by atomic mass is 10.1. The molecular formula is C20H20N2O3. The standard InChI is InChI=1S/C20H20N2O3/c1-22(10-9-15-5-3-2-4-6-15)20(24)14-25-17-7-8-18-16(13-23)12-21-19(18)11-17/h2-8,11-13,21H,9-10,14H2,1H3. The van der Waals surface area contributed by atoms with Crippen LogP contribution >= 0.6 is 0 Å². The van der Waals surface area contributed by atoms with Gasteiger partial charge >= 0.3 is 0 Å². The number of hydrogen-bond acceptors (Lipinski definition) is 3. The number of H-pyrrole nitrogens is 1. The van der Waals surface area contributed by atoms with Crippen molar-refractivity contribution in [2.45, 2.75) is 6.42 Å². The summed E-state index contributed by atoms with van der Waals surface area (Å²) in [7, 11) is 1.78. The molecule has 0 unspecified atom stereocenters. The van der Waals surface area contributed by atoms with Gasteiger partial charge in [0, 0.05) is 42.3 Å². The lowest BCUT2D eigenvalue weighted by molar-refractivity contribution is -0.132. The minimum Gasteiger partial charge on any atom is -0.484 e. The Kier molecular flexibility index (Phi) is 5.14. The Labute approximate surface area is 146 Å². The Balaban J connectivity index is 1.53. The average molecular weight is 336 g/mol. The Morgan fingerprint density at radius 3 is 2.76 bits per heavy atom. The Bertz CT molecular complexity index is 871. The molecule has 0 aliphatic carbocycles. The van der Waals surface area contributed by atoms with Crippen LogP contribution in [0.15, 0.2) is 54.7 Å². The van der Waals surface area contributed by atoms with E-state index in [2.05, 4.69) is 4.98 Å². The van der Waals surface area contributed by atoms with Gasteiger partial charge in [-0.1, -0.05) is 30.3 Å². The summed E-state index contributed by atoms with van der Waals surface area (Å²) in [4.78, 5) is 27.8. The normalized spacial score (nSPS) is 10.6. The summed E-state index contributed by atoms with van der Waals surface area (Å²) in [5, 5.41) is 0.841. The number of rotatable bonds is 7. The quantitative estimate of drug-likeness (QED) is 0.675. The maximum absolute atomic E-state index is 12.2. The summed E-state index contributed by atoms with van der Waals surface area (Å²) in [6.45, 7) is 0.628. The smallest absolute Gasteiger partial charge is 0.260 e. The van der Waals surface area contributed by atoms with E-state index in [1.165, 1.54) is 5.56 Å². The van der Waals surface area contributed by atoms with Gasteiger partial charge in [-0.2, -0.15) is 0 Å². The molecule has 0 aliphatic heterocycles. The predicted octanol–water partition coefficient (Wildman–Crippen LogP) is 3.06. The third kappa shape index (κ3) is 4.07. The number of aromatic nitrogens is 1. The highest BCUT2D eigenvalue weighted by molar-refractivity contribution is 5.97. The zero-order valence-electron chi connectivity index (χ0n) is 14.1. The van der Waals surface area contributed by atoms with Crippen molar-refractivity contribution in [3.63, 3.8) is 0 Å². The molecule has 0 spiro atoms. The number of fused-ring (bicyclic) bond motifs is 1. The number of nitrogens with zero attached hydrogens (tertiary/aromatic N) is 1. The minimum absolute atomic E-state index is 0.0158. The van der Waals surface area contributed by atoms with Crippen LogP contribution in [0.4, 0.5) is 0 Å². The summed E-state index contributed by atoms with van der Waals surface area (Å²) in [5.74, 6) is 0.521. The maximum atomic E-state index is 12.2. The molecule has 128 valence electrons. The predicted molar refractivity (Wildman–Crippen MR) is 97.0 cm³/mol. The minimum atomic E-state index is -0.0731. The zero-order valence-corrected chi connectivity index (χ0v) is 14.1. The van der Waals surface area contributed by atoms with E-state index >= 15 is 0 Å². The first-order valence-electron chi connectivity index (χ1n) is 8.14. The van der Waals surface area contributed by atoms with Crippen LogP contribution in [0.1, 0.15) is 15.9 Å². The molecule has 5 nitrogen and oxygen atoms in total. The molecule has 25 heavy (non-hydrogen) atoms. The molecule has 0 bridgehead atoms. The van der Waals surface area contributed by atoms with Crippen molar-refractivity contribution < 1.29 is 14.3 Å². The van der Waals surface area contributed by atoms with Gasteiger partial charge in [0.25, 0.3) is 5.91 Å². The number of amides is 1. The summed E-state index contributed by atoms with van der Waals surface area (Å²) < 4.78 is 5.59. The number of aldehydes is 1. The number of likely N-dealkylation sites (N-methyl/N-ethyl adjacent to an activating group) is 1. The van der Waals surface area contributed by atoms with Gasteiger partial charge in [0.1, 0.15) is 5.75 Å². The molecule has 5 heteroatoms. The lowest BCUT2D eigenvalue weighted by Crippen LogP contribution is -2.33. The average Bonchev–Trinajstić information content (AvgIpc) is 3.07. The van der Waals surface area contributed by atoms with Crippen LogP contribution in [0.3, 0.4) is 0 Å². The van der Waals surface area contributed by atoms with Gasteiger partial charge in [0.05, 0.1) is 0 Å². The van der Waals surface area contributed by atoms with Crippen LogP contribution < -0.4 is 4.74 Å². The zero-order chi connectivity index (χ0) is 17.6. The number of hydrogen-bond donors (Lipinski definition) is 1. The van der Waals surface area contributed by atoms with Gasteiger partial charge < -0.3 is 14.6 Å². The second-order valence-corrected chi connectivity index (χ2v) is 5.91. The lowest BCUT2D eigenvalue weighted by Gasteiger charge is -2.17. The third-order valence-electron chi connectivity index (χ3n) is 4.18. The second kappa shape index (κ2) is 7.66. The van der Waals surface area contributed by atoms with E-state index in [9.17, 15) is 9.59 Å². The molecular weight excluding hydrogens is 316 g/mol. The van der Waals surface area contributed by atoms with E-state index in [-0.39, 0.29) is 12.5 Å². The molecule has 0 saturated heterocycles. The number of nitrogens with one attached hydrogen (secondary N) is 1. The van der Waals surface area contributed by atoms with E-state index < -0.39 is 0 Å². The van der Waals surface area contributed by atoms with Crippen molar-refractivity contribution >= 4 is 23.1 Å². The van der Waals surface area contributed by atoms with Gasteiger partial charge in [-0.05, 0) is 24.1 Å². The van der Waals surface area contributed by atoms with Crippen LogP contribution in [0.2, 0.25) is 0 Å². The number of carbonyl (C=O) groups is 2. The van der Waals surface area contributed by atoms with Crippen molar-refractivity contribution in [2.75, 3.05) is 20.2 Å². The highest BCUT2D eigenvalue weighted by atomic mass is 16.5. The van der Waals surface area contributed by atoms with Gasteiger partial charge in [-0.15, -0.1) is 0 Å². The first-order valence-corrected chi connectivity index (χ1v) is 8.14. The van der Waals surface area contributed by atoms with Crippen molar-refractivity contribution in [2.24, 2.45) is 0 Å². The topological polar surface area (TPSA) is 62.4 Å². The Hall–Kier alpha value is -3.08. The molecule has 3 aromatic rings. The molecule has 0 atom stereocenters. The fraction of sp³-hybridized carbons (Fsp3) is 0.200. The summed E-state index contributed by atoms with van der Waals surface area (Å²) in [5.41, 5.74) is 2.62. The van der Waals surface area contributed by atoms with Crippen LogP contribution in [-0.2, 0) is 11.2 Å². The molecule has 1 N–H and O–H groups in total. The SMILES string of the molecule is CN(CCc1ccccc1)C(=O)COc1ccc2c(C=O)c[nH]c2c1. The highest BCUT2D eigenvalue weighted by Crippen LogP contribution is 2.22. The molecule has 2 aromatic carbocycles. The molecule has 1 amide bonds. The number of ether oxygens (including phenoxy) is 1. The largest absolute Gasteiger partial charge is 0.484 e. The van der Waals surface area contributed by atoms with E-state index in [1.807, 2.05) is 36.4 Å². The maximum Gasteiger partial charge on any atom is 0.260 e. The van der Waals surface area contributed by atoms with Gasteiger partial charge in [0.2, 0.25) is 0 Å².